The molecule has 0 unspecified atom stereocenters. The molecule has 0 heterocycles. The molecular formula is C3H4Na2O7. The van der Waals surface area contributed by atoms with Crippen LogP contribution in [0.15, 0.2) is 0 Å². The van der Waals surface area contributed by atoms with E-state index in [1.807, 2.05) is 0 Å². The van der Waals surface area contributed by atoms with Crippen LogP contribution >= 0.6 is 0 Å². The van der Waals surface area contributed by atoms with E-state index in [9.17, 15) is 19.8 Å². The summed E-state index contributed by atoms with van der Waals surface area (Å²) < 4.78 is 0. The van der Waals surface area contributed by atoms with Crippen molar-refractivity contribution in [2.24, 2.45) is 0 Å². The normalized spacial score (nSPS) is 8.17. The van der Waals surface area contributed by atoms with E-state index in [1.54, 1.807) is 0 Å². The third kappa shape index (κ3) is 6.35. The second kappa shape index (κ2) is 8.42. The average molecular weight is 198 g/mol. The van der Waals surface area contributed by atoms with Crippen LogP contribution in [0, 0.1) is 0 Å². The molecule has 4 N–H and O–H groups in total. The van der Waals surface area contributed by atoms with Gasteiger partial charge < -0.3 is 35.5 Å². The predicted molar refractivity (Wildman–Crippen MR) is 20.8 cm³/mol. The maximum absolute atomic E-state index is 9.43. The van der Waals surface area contributed by atoms with Crippen LogP contribution in [0.3, 0.4) is 0 Å². The summed E-state index contributed by atoms with van der Waals surface area (Å²) in [5, 5.41) is 34.7. The Kier molecular flexibility index (Phi) is 16.2. The zero-order valence-electron chi connectivity index (χ0n) is 6.53. The van der Waals surface area contributed by atoms with E-state index in [1.165, 1.54) is 0 Å². The van der Waals surface area contributed by atoms with Gasteiger partial charge in [0.05, 0.1) is 0 Å². The number of rotatable bonds is 2. The summed E-state index contributed by atoms with van der Waals surface area (Å²) in [7, 11) is 0. The smallest absolute Gasteiger partial charge is 0.544 e. The molecular weight excluding hydrogens is 194 g/mol. The first-order valence-electron chi connectivity index (χ1n) is 1.76. The first-order chi connectivity index (χ1) is 3.89. The van der Waals surface area contributed by atoms with Crippen molar-refractivity contribution in [1.82, 2.24) is 0 Å². The molecule has 12 heavy (non-hydrogen) atoms. The summed E-state index contributed by atoms with van der Waals surface area (Å²) >= 11 is 0. The molecule has 0 atom stereocenters. The van der Waals surface area contributed by atoms with Crippen molar-refractivity contribution in [2.75, 3.05) is 0 Å². The maximum atomic E-state index is 9.43. The number of carbonyl (C=O) groups is 2. The number of carboxylic acid groups (broad SMARTS) is 2. The molecule has 0 amide bonds. The van der Waals surface area contributed by atoms with Gasteiger partial charge in [-0.3, -0.25) is 0 Å². The molecule has 0 aromatic rings. The molecule has 0 radical (unpaired) electrons. The molecule has 0 bridgehead atoms. The summed E-state index contributed by atoms with van der Waals surface area (Å²) in [4.78, 5) is 18.9. The van der Waals surface area contributed by atoms with Gasteiger partial charge in [-0.15, -0.1) is 0 Å². The molecule has 60 valence electrons. The van der Waals surface area contributed by atoms with Gasteiger partial charge in [0.1, 0.15) is 11.9 Å². The van der Waals surface area contributed by atoms with Crippen LogP contribution in [0.5, 0.6) is 0 Å². The quantitative estimate of drug-likeness (QED) is 0.255. The molecule has 0 aromatic carbocycles. The van der Waals surface area contributed by atoms with Crippen molar-refractivity contribution < 1.29 is 94.6 Å². The molecule has 0 aliphatic rings. The van der Waals surface area contributed by atoms with Crippen molar-refractivity contribution in [3.63, 3.8) is 0 Å². The molecule has 0 saturated heterocycles. The van der Waals surface area contributed by atoms with Gasteiger partial charge in [-0.1, -0.05) is 0 Å². The molecule has 9 heteroatoms. The summed E-state index contributed by atoms with van der Waals surface area (Å²) in [5.74, 6) is -8.94. The molecule has 0 spiro atoms. The number of aliphatic carboxylic acids is 2. The number of aliphatic hydroxyl groups is 2. The van der Waals surface area contributed by atoms with Crippen LogP contribution in [0.1, 0.15) is 0 Å². The molecule has 0 rings (SSSR count). The minimum Gasteiger partial charge on any atom is -0.544 e. The molecule has 0 aliphatic heterocycles. The van der Waals surface area contributed by atoms with Gasteiger partial charge >= 0.3 is 59.1 Å². The van der Waals surface area contributed by atoms with Crippen molar-refractivity contribution in [1.29, 1.82) is 0 Å². The second-order valence-electron chi connectivity index (χ2n) is 1.25. The third-order valence-electron chi connectivity index (χ3n) is 0.569. The zero-order valence-corrected chi connectivity index (χ0v) is 10.5. The van der Waals surface area contributed by atoms with Gasteiger partial charge in [0.25, 0.3) is 0 Å². The maximum Gasteiger partial charge on any atom is 1.00 e. The van der Waals surface area contributed by atoms with Crippen molar-refractivity contribution in [2.45, 2.75) is 5.79 Å². The summed E-state index contributed by atoms with van der Waals surface area (Å²) in [6.45, 7) is 0. The van der Waals surface area contributed by atoms with Gasteiger partial charge in [-0.05, 0) is 0 Å². The topological polar surface area (TPSA) is 152 Å². The Bertz CT molecular complexity index is 139. The van der Waals surface area contributed by atoms with Crippen LogP contribution in [-0.2, 0) is 9.59 Å². The Morgan fingerprint density at radius 1 is 1.00 bits per heavy atom. The fraction of sp³-hybridized carbons (Fsp3) is 0.333. The number of hydrogen-bond donors (Lipinski definition) is 2. The zero-order chi connectivity index (χ0) is 7.65. The van der Waals surface area contributed by atoms with E-state index >= 15 is 0 Å². The fourth-order valence-corrected chi connectivity index (χ4v) is 0.0833. The average Bonchev–Trinajstić information content (AvgIpc) is 1.65. The summed E-state index contributed by atoms with van der Waals surface area (Å²) in [5.41, 5.74) is 0. The van der Waals surface area contributed by atoms with Crippen LogP contribution in [-0.4, -0.2) is 33.4 Å². The van der Waals surface area contributed by atoms with Crippen molar-refractivity contribution >= 4 is 11.9 Å². The van der Waals surface area contributed by atoms with E-state index in [4.69, 9.17) is 10.2 Å². The van der Waals surface area contributed by atoms with E-state index in [-0.39, 0.29) is 64.6 Å². The molecule has 0 saturated carbocycles. The minimum atomic E-state index is -3.89. The number of carbonyl (C=O) groups excluding carboxylic acids is 2. The summed E-state index contributed by atoms with van der Waals surface area (Å²) in [6.07, 6.45) is 0. The van der Waals surface area contributed by atoms with Crippen molar-refractivity contribution in [3.05, 3.63) is 0 Å². The van der Waals surface area contributed by atoms with E-state index in [2.05, 4.69) is 0 Å². The largest absolute Gasteiger partial charge is 1.00 e. The van der Waals surface area contributed by atoms with Crippen LogP contribution in [0.2, 0.25) is 0 Å². The van der Waals surface area contributed by atoms with Gasteiger partial charge in [0, 0.05) is 0 Å². The predicted octanol–water partition coefficient (Wildman–Crippen LogP) is -11.6. The molecule has 0 aliphatic carbocycles. The van der Waals surface area contributed by atoms with E-state index in [0.717, 1.165) is 0 Å². The second-order valence-corrected chi connectivity index (χ2v) is 1.25. The Hall–Kier alpha value is 0.820. The number of carboxylic acids is 2. The van der Waals surface area contributed by atoms with Gasteiger partial charge in [-0.2, -0.15) is 0 Å². The van der Waals surface area contributed by atoms with E-state index < -0.39 is 17.7 Å². The van der Waals surface area contributed by atoms with Crippen LogP contribution < -0.4 is 69.3 Å². The first kappa shape index (κ1) is 23.0. The summed E-state index contributed by atoms with van der Waals surface area (Å²) in [6, 6.07) is 0. The fourth-order valence-electron chi connectivity index (χ4n) is 0.0833. The Morgan fingerprint density at radius 2 is 1.17 bits per heavy atom. The van der Waals surface area contributed by atoms with Gasteiger partial charge in [0.15, 0.2) is 0 Å². The van der Waals surface area contributed by atoms with Gasteiger partial charge in [-0.25, -0.2) is 0 Å². The van der Waals surface area contributed by atoms with Crippen LogP contribution in [0.25, 0.3) is 0 Å². The Balaban J connectivity index is -0.000000107. The standard InChI is InChI=1S/C3H4O6.2Na.H2O/c4-1(5)3(8,9)2(6)7;;;/h8-9H,(H,4,5)(H,6,7);;;1H2/q;2*+1;/p-2. The Labute approximate surface area is 111 Å². The first-order valence-corrected chi connectivity index (χ1v) is 1.76. The third-order valence-corrected chi connectivity index (χ3v) is 0.569. The minimum absolute atomic E-state index is 0. The molecule has 7 nitrogen and oxygen atoms in total. The van der Waals surface area contributed by atoms with Gasteiger partial charge in [0.2, 0.25) is 5.79 Å². The SMILES string of the molecule is O.O=C([O-])C(O)(O)C(=O)[O-].[Na+].[Na+]. The molecule has 0 fully saturated rings. The van der Waals surface area contributed by atoms with E-state index in [0.29, 0.717) is 0 Å². The van der Waals surface area contributed by atoms with Crippen molar-refractivity contribution in [3.8, 4) is 0 Å². The number of hydrogen-bond acceptors (Lipinski definition) is 6. The molecule has 0 aromatic heterocycles. The monoisotopic (exact) mass is 198 g/mol. The Morgan fingerprint density at radius 3 is 1.17 bits per heavy atom. The van der Waals surface area contributed by atoms with Crippen LogP contribution in [0.4, 0.5) is 0 Å².